The summed E-state index contributed by atoms with van der Waals surface area (Å²) in [5.41, 5.74) is 1.72. The van der Waals surface area contributed by atoms with E-state index in [9.17, 15) is 14.0 Å². The molecule has 0 aliphatic heterocycles. The lowest BCUT2D eigenvalue weighted by molar-refractivity contribution is -0.128. The second-order valence-corrected chi connectivity index (χ2v) is 6.34. The average molecular weight is 385 g/mol. The lowest BCUT2D eigenvalue weighted by atomic mass is 10.2. The molecule has 0 bridgehead atoms. The molecule has 4 nitrogen and oxygen atoms in total. The summed E-state index contributed by atoms with van der Waals surface area (Å²) < 4.78 is 20.0. The van der Waals surface area contributed by atoms with Crippen LogP contribution in [0.1, 0.15) is 5.56 Å². The molecule has 0 N–H and O–H groups in total. The molecule has 4 aromatic rings. The summed E-state index contributed by atoms with van der Waals surface area (Å²) >= 11 is 0. The molecule has 29 heavy (non-hydrogen) atoms. The molecule has 0 amide bonds. The standard InChI is InChI=1S/C24H16FNO3/c25-18-13-10-17(11-14-18)12-15-24(28)29-22-16-23(27)26(19-6-2-1-3-7-19)21-9-5-4-8-20(21)22/h1-16H. The van der Waals surface area contributed by atoms with E-state index in [1.165, 1.54) is 30.4 Å². The highest BCUT2D eigenvalue weighted by atomic mass is 19.1. The van der Waals surface area contributed by atoms with Gasteiger partial charge >= 0.3 is 5.97 Å². The quantitative estimate of drug-likeness (QED) is 0.376. The Morgan fingerprint density at radius 3 is 2.34 bits per heavy atom. The van der Waals surface area contributed by atoms with E-state index in [0.29, 0.717) is 16.5 Å². The largest absolute Gasteiger partial charge is 0.422 e. The summed E-state index contributed by atoms with van der Waals surface area (Å²) in [6.07, 6.45) is 2.76. The van der Waals surface area contributed by atoms with Crippen molar-refractivity contribution >= 4 is 22.9 Å². The summed E-state index contributed by atoms with van der Waals surface area (Å²) in [7, 11) is 0. The van der Waals surface area contributed by atoms with E-state index in [2.05, 4.69) is 0 Å². The topological polar surface area (TPSA) is 48.3 Å². The van der Waals surface area contributed by atoms with Crippen molar-refractivity contribution in [2.45, 2.75) is 0 Å². The third kappa shape index (κ3) is 3.99. The highest BCUT2D eigenvalue weighted by molar-refractivity contribution is 5.93. The lowest BCUT2D eigenvalue weighted by Gasteiger charge is -2.13. The van der Waals surface area contributed by atoms with Crippen molar-refractivity contribution in [3.05, 3.63) is 113 Å². The van der Waals surface area contributed by atoms with Crippen LogP contribution in [0.25, 0.3) is 22.7 Å². The first-order chi connectivity index (χ1) is 14.1. The van der Waals surface area contributed by atoms with E-state index in [1.54, 1.807) is 28.8 Å². The number of fused-ring (bicyclic) bond motifs is 1. The number of nitrogens with zero attached hydrogens (tertiary/aromatic N) is 1. The molecule has 0 aliphatic carbocycles. The molecule has 142 valence electrons. The van der Waals surface area contributed by atoms with Crippen molar-refractivity contribution in [1.82, 2.24) is 4.57 Å². The predicted octanol–water partition coefficient (Wildman–Crippen LogP) is 4.75. The van der Waals surface area contributed by atoms with Crippen molar-refractivity contribution in [3.63, 3.8) is 0 Å². The maximum atomic E-state index is 13.0. The number of para-hydroxylation sites is 2. The SMILES string of the molecule is O=C(C=Cc1ccc(F)cc1)Oc1cc(=O)n(-c2ccccc2)c2ccccc12. The molecule has 0 unspecified atom stereocenters. The first-order valence-corrected chi connectivity index (χ1v) is 8.97. The number of hydrogen-bond acceptors (Lipinski definition) is 3. The smallest absolute Gasteiger partial charge is 0.336 e. The second kappa shape index (κ2) is 7.94. The van der Waals surface area contributed by atoms with Crippen molar-refractivity contribution in [3.8, 4) is 11.4 Å². The van der Waals surface area contributed by atoms with Crippen LogP contribution in [0.3, 0.4) is 0 Å². The lowest BCUT2D eigenvalue weighted by Crippen LogP contribution is -2.19. The first-order valence-electron chi connectivity index (χ1n) is 8.97. The van der Waals surface area contributed by atoms with Gasteiger partial charge in [0.1, 0.15) is 11.6 Å². The summed E-state index contributed by atoms with van der Waals surface area (Å²) in [5, 5.41) is 0.638. The Hall–Kier alpha value is -3.99. The van der Waals surface area contributed by atoms with Gasteiger partial charge in [-0.25, -0.2) is 9.18 Å². The number of halogens is 1. The third-order valence-electron chi connectivity index (χ3n) is 4.39. The number of rotatable bonds is 4. The molecule has 0 saturated carbocycles. The molecule has 0 aliphatic rings. The highest BCUT2D eigenvalue weighted by Gasteiger charge is 2.13. The number of ether oxygens (including phenoxy) is 1. The average Bonchev–Trinajstić information content (AvgIpc) is 2.74. The van der Waals surface area contributed by atoms with Gasteiger partial charge in [0, 0.05) is 23.2 Å². The van der Waals surface area contributed by atoms with Gasteiger partial charge in [-0.3, -0.25) is 9.36 Å². The summed E-state index contributed by atoms with van der Waals surface area (Å²) in [6, 6.07) is 23.5. The summed E-state index contributed by atoms with van der Waals surface area (Å²) in [4.78, 5) is 25.0. The van der Waals surface area contributed by atoms with Crippen molar-refractivity contribution in [2.24, 2.45) is 0 Å². The maximum absolute atomic E-state index is 13.0. The zero-order chi connectivity index (χ0) is 20.2. The van der Waals surface area contributed by atoms with E-state index in [0.717, 1.165) is 5.69 Å². The molecule has 0 radical (unpaired) electrons. The van der Waals surface area contributed by atoms with Crippen LogP contribution in [-0.4, -0.2) is 10.5 Å². The Kier molecular flexibility index (Phi) is 5.03. The fourth-order valence-corrected chi connectivity index (χ4v) is 3.06. The molecule has 4 rings (SSSR count). The summed E-state index contributed by atoms with van der Waals surface area (Å²) in [6.45, 7) is 0. The number of carbonyl (C=O) groups is 1. The van der Waals surface area contributed by atoms with Gasteiger partial charge in [0.15, 0.2) is 0 Å². The molecule has 5 heteroatoms. The Morgan fingerprint density at radius 2 is 1.59 bits per heavy atom. The fourth-order valence-electron chi connectivity index (χ4n) is 3.06. The molecule has 0 fully saturated rings. The van der Waals surface area contributed by atoms with E-state index >= 15 is 0 Å². The Bertz CT molecular complexity index is 1260. The van der Waals surface area contributed by atoms with Crippen molar-refractivity contribution in [1.29, 1.82) is 0 Å². The van der Waals surface area contributed by atoms with Gasteiger partial charge in [0.05, 0.1) is 5.52 Å². The van der Waals surface area contributed by atoms with Crippen LogP contribution in [0, 0.1) is 5.82 Å². The minimum absolute atomic E-state index is 0.187. The minimum atomic E-state index is -0.628. The normalized spacial score (nSPS) is 11.1. The minimum Gasteiger partial charge on any atom is -0.422 e. The molecule has 3 aromatic carbocycles. The number of hydrogen-bond donors (Lipinski definition) is 0. The second-order valence-electron chi connectivity index (χ2n) is 6.34. The Balaban J connectivity index is 1.69. The van der Waals surface area contributed by atoms with E-state index in [1.807, 2.05) is 42.5 Å². The number of aromatic nitrogens is 1. The molecule has 0 atom stereocenters. The van der Waals surface area contributed by atoms with Crippen LogP contribution in [0.2, 0.25) is 0 Å². The monoisotopic (exact) mass is 385 g/mol. The summed E-state index contributed by atoms with van der Waals surface area (Å²) in [5.74, 6) is -0.793. The van der Waals surface area contributed by atoms with Crippen molar-refractivity contribution in [2.75, 3.05) is 0 Å². The predicted molar refractivity (Wildman–Crippen MR) is 111 cm³/mol. The maximum Gasteiger partial charge on any atom is 0.336 e. The van der Waals surface area contributed by atoms with Crippen LogP contribution in [0.5, 0.6) is 5.75 Å². The van der Waals surface area contributed by atoms with Crippen LogP contribution in [-0.2, 0) is 4.79 Å². The van der Waals surface area contributed by atoms with Gasteiger partial charge < -0.3 is 4.74 Å². The molecular weight excluding hydrogens is 369 g/mol. The van der Waals surface area contributed by atoms with Gasteiger partial charge in [-0.15, -0.1) is 0 Å². The first kappa shape index (κ1) is 18.4. The Morgan fingerprint density at radius 1 is 0.897 bits per heavy atom. The number of esters is 1. The van der Waals surface area contributed by atoms with Gasteiger partial charge in [-0.05, 0) is 48.0 Å². The van der Waals surface area contributed by atoms with Crippen LogP contribution < -0.4 is 10.3 Å². The van der Waals surface area contributed by atoms with Gasteiger partial charge in [0.25, 0.3) is 5.56 Å². The van der Waals surface area contributed by atoms with E-state index in [-0.39, 0.29) is 17.1 Å². The van der Waals surface area contributed by atoms with Crippen LogP contribution in [0.15, 0.2) is 95.8 Å². The van der Waals surface area contributed by atoms with Crippen molar-refractivity contribution < 1.29 is 13.9 Å². The molecule has 1 aromatic heterocycles. The number of benzene rings is 3. The van der Waals surface area contributed by atoms with Gasteiger partial charge in [0.2, 0.25) is 0 Å². The molecular formula is C24H16FNO3. The van der Waals surface area contributed by atoms with Gasteiger partial charge in [-0.2, -0.15) is 0 Å². The van der Waals surface area contributed by atoms with Crippen LogP contribution >= 0.6 is 0 Å². The zero-order valence-electron chi connectivity index (χ0n) is 15.3. The van der Waals surface area contributed by atoms with E-state index in [4.69, 9.17) is 4.74 Å². The number of pyridine rings is 1. The molecule has 0 saturated heterocycles. The molecule has 1 heterocycles. The molecule has 0 spiro atoms. The fraction of sp³-hybridized carbons (Fsp3) is 0. The van der Waals surface area contributed by atoms with E-state index < -0.39 is 5.97 Å². The van der Waals surface area contributed by atoms with Gasteiger partial charge in [-0.1, -0.05) is 42.5 Å². The Labute approximate surface area is 166 Å². The highest BCUT2D eigenvalue weighted by Crippen LogP contribution is 2.25. The van der Waals surface area contributed by atoms with Crippen LogP contribution in [0.4, 0.5) is 4.39 Å². The number of carbonyl (C=O) groups excluding carboxylic acids is 1. The zero-order valence-corrected chi connectivity index (χ0v) is 15.3. The third-order valence-corrected chi connectivity index (χ3v) is 4.39.